The van der Waals surface area contributed by atoms with Gasteiger partial charge in [0.25, 0.3) is 0 Å². The number of rotatable bonds is 3. The fraction of sp³-hybridized carbons (Fsp3) is 0.118. The van der Waals surface area contributed by atoms with Crippen LogP contribution in [0.4, 0.5) is 17.3 Å². The SMILES string of the molecule is Cc1ccnc(Nc2ccnc(-c3cc(N)ccc3C)c2)n1. The van der Waals surface area contributed by atoms with Gasteiger partial charge in [0, 0.05) is 35.0 Å². The van der Waals surface area contributed by atoms with Gasteiger partial charge in [0.1, 0.15) is 0 Å². The molecule has 0 saturated carbocycles. The van der Waals surface area contributed by atoms with Gasteiger partial charge in [0.2, 0.25) is 5.95 Å². The third kappa shape index (κ3) is 3.03. The van der Waals surface area contributed by atoms with Crippen molar-refractivity contribution in [1.82, 2.24) is 15.0 Å². The standard InChI is InChI=1S/C17H17N5/c1-11-3-4-13(18)9-15(11)16-10-14(6-8-19-16)22-17-20-7-5-12(2)21-17/h3-10H,18H2,1-2H3,(H,19,20,21,22). The fourth-order valence-corrected chi connectivity index (χ4v) is 2.21. The minimum absolute atomic E-state index is 0.571. The van der Waals surface area contributed by atoms with Crippen molar-refractivity contribution in [2.24, 2.45) is 0 Å². The maximum absolute atomic E-state index is 5.88. The smallest absolute Gasteiger partial charge is 0.227 e. The van der Waals surface area contributed by atoms with Crippen molar-refractivity contribution in [3.05, 3.63) is 60.0 Å². The van der Waals surface area contributed by atoms with Crippen LogP contribution in [-0.4, -0.2) is 15.0 Å². The van der Waals surface area contributed by atoms with Crippen molar-refractivity contribution < 1.29 is 0 Å². The Morgan fingerprint density at radius 2 is 1.77 bits per heavy atom. The molecule has 0 amide bonds. The van der Waals surface area contributed by atoms with E-state index < -0.39 is 0 Å². The summed E-state index contributed by atoms with van der Waals surface area (Å²) in [6.07, 6.45) is 3.49. The first-order valence-corrected chi connectivity index (χ1v) is 7.01. The molecular formula is C17H17N5. The summed E-state index contributed by atoms with van der Waals surface area (Å²) in [5.41, 5.74) is 11.4. The highest BCUT2D eigenvalue weighted by Crippen LogP contribution is 2.26. The molecule has 2 heterocycles. The number of aromatic nitrogens is 3. The molecule has 110 valence electrons. The van der Waals surface area contributed by atoms with Crippen LogP contribution in [0.25, 0.3) is 11.3 Å². The molecule has 5 nitrogen and oxygen atoms in total. The highest BCUT2D eigenvalue weighted by molar-refractivity contribution is 5.71. The Morgan fingerprint density at radius 1 is 0.955 bits per heavy atom. The van der Waals surface area contributed by atoms with Crippen LogP contribution in [0, 0.1) is 13.8 Å². The van der Waals surface area contributed by atoms with E-state index in [2.05, 4.69) is 20.3 Å². The molecule has 0 aliphatic carbocycles. The molecular weight excluding hydrogens is 274 g/mol. The lowest BCUT2D eigenvalue weighted by molar-refractivity contribution is 1.10. The van der Waals surface area contributed by atoms with Crippen molar-refractivity contribution >= 4 is 17.3 Å². The number of hydrogen-bond donors (Lipinski definition) is 2. The Kier molecular flexibility index (Phi) is 3.70. The maximum Gasteiger partial charge on any atom is 0.227 e. The summed E-state index contributed by atoms with van der Waals surface area (Å²) in [4.78, 5) is 13.0. The van der Waals surface area contributed by atoms with E-state index in [1.54, 1.807) is 12.4 Å². The van der Waals surface area contributed by atoms with Crippen LogP contribution < -0.4 is 11.1 Å². The minimum Gasteiger partial charge on any atom is -0.399 e. The van der Waals surface area contributed by atoms with Crippen LogP contribution in [0.1, 0.15) is 11.3 Å². The van der Waals surface area contributed by atoms with Gasteiger partial charge in [-0.25, -0.2) is 9.97 Å². The van der Waals surface area contributed by atoms with Crippen molar-refractivity contribution in [2.45, 2.75) is 13.8 Å². The molecule has 0 atom stereocenters. The molecule has 1 aromatic carbocycles. The van der Waals surface area contributed by atoms with Gasteiger partial charge in [-0.05, 0) is 49.7 Å². The minimum atomic E-state index is 0.571. The molecule has 0 spiro atoms. The van der Waals surface area contributed by atoms with E-state index in [1.807, 2.05) is 50.2 Å². The largest absolute Gasteiger partial charge is 0.399 e. The second-order valence-electron chi connectivity index (χ2n) is 5.15. The Hall–Kier alpha value is -2.95. The highest BCUT2D eigenvalue weighted by atomic mass is 15.1. The zero-order valence-electron chi connectivity index (χ0n) is 12.5. The third-order valence-electron chi connectivity index (χ3n) is 3.35. The van der Waals surface area contributed by atoms with Gasteiger partial charge in [0.15, 0.2) is 0 Å². The zero-order chi connectivity index (χ0) is 15.5. The molecule has 3 rings (SSSR count). The number of aryl methyl sites for hydroxylation is 2. The molecule has 0 saturated heterocycles. The van der Waals surface area contributed by atoms with Crippen LogP contribution in [0.5, 0.6) is 0 Å². The van der Waals surface area contributed by atoms with Crippen LogP contribution in [0.2, 0.25) is 0 Å². The van der Waals surface area contributed by atoms with Gasteiger partial charge in [-0.2, -0.15) is 0 Å². The lowest BCUT2D eigenvalue weighted by Gasteiger charge is -2.09. The van der Waals surface area contributed by atoms with Crippen molar-refractivity contribution in [1.29, 1.82) is 0 Å². The predicted molar refractivity (Wildman–Crippen MR) is 88.9 cm³/mol. The van der Waals surface area contributed by atoms with Gasteiger partial charge in [0.05, 0.1) is 5.69 Å². The fourth-order valence-electron chi connectivity index (χ4n) is 2.21. The Balaban J connectivity index is 1.94. The van der Waals surface area contributed by atoms with Gasteiger partial charge >= 0.3 is 0 Å². The van der Waals surface area contributed by atoms with Crippen LogP contribution in [0.3, 0.4) is 0 Å². The number of hydrogen-bond acceptors (Lipinski definition) is 5. The second kappa shape index (κ2) is 5.81. The summed E-state index contributed by atoms with van der Waals surface area (Å²) >= 11 is 0. The summed E-state index contributed by atoms with van der Waals surface area (Å²) in [6.45, 7) is 3.97. The number of anilines is 3. The lowest BCUT2D eigenvalue weighted by Crippen LogP contribution is -1.98. The van der Waals surface area contributed by atoms with E-state index in [0.29, 0.717) is 5.95 Å². The predicted octanol–water partition coefficient (Wildman–Crippen LogP) is 3.48. The molecule has 3 aromatic rings. The summed E-state index contributed by atoms with van der Waals surface area (Å²) < 4.78 is 0. The summed E-state index contributed by atoms with van der Waals surface area (Å²) in [6, 6.07) is 11.5. The van der Waals surface area contributed by atoms with E-state index in [0.717, 1.165) is 33.9 Å². The molecule has 0 radical (unpaired) electrons. The van der Waals surface area contributed by atoms with Crippen molar-refractivity contribution in [3.8, 4) is 11.3 Å². The molecule has 5 heteroatoms. The van der Waals surface area contributed by atoms with Gasteiger partial charge in [-0.1, -0.05) is 6.07 Å². The lowest BCUT2D eigenvalue weighted by atomic mass is 10.0. The molecule has 0 aliphatic rings. The van der Waals surface area contributed by atoms with E-state index in [-0.39, 0.29) is 0 Å². The monoisotopic (exact) mass is 291 g/mol. The number of nitrogens with one attached hydrogen (secondary N) is 1. The molecule has 2 aromatic heterocycles. The Bertz CT molecular complexity index is 814. The summed E-state index contributed by atoms with van der Waals surface area (Å²) in [5.74, 6) is 0.571. The topological polar surface area (TPSA) is 76.7 Å². The number of nitrogens with zero attached hydrogens (tertiary/aromatic N) is 3. The van der Waals surface area contributed by atoms with E-state index >= 15 is 0 Å². The second-order valence-corrected chi connectivity index (χ2v) is 5.15. The molecule has 0 aliphatic heterocycles. The Morgan fingerprint density at radius 3 is 2.59 bits per heavy atom. The molecule has 3 N–H and O–H groups in total. The maximum atomic E-state index is 5.88. The van der Waals surface area contributed by atoms with Crippen LogP contribution in [0.15, 0.2) is 48.8 Å². The first-order chi connectivity index (χ1) is 10.6. The van der Waals surface area contributed by atoms with Gasteiger partial charge in [-0.3, -0.25) is 4.98 Å². The van der Waals surface area contributed by atoms with Crippen molar-refractivity contribution in [3.63, 3.8) is 0 Å². The number of pyridine rings is 1. The van der Waals surface area contributed by atoms with Crippen LogP contribution in [-0.2, 0) is 0 Å². The quantitative estimate of drug-likeness (QED) is 0.722. The molecule has 0 fully saturated rings. The van der Waals surface area contributed by atoms with Crippen LogP contribution >= 0.6 is 0 Å². The third-order valence-corrected chi connectivity index (χ3v) is 3.35. The molecule has 0 unspecified atom stereocenters. The average Bonchev–Trinajstić information content (AvgIpc) is 2.50. The first kappa shape index (κ1) is 14.0. The Labute approximate surface area is 129 Å². The number of nitrogens with two attached hydrogens (primary N) is 1. The van der Waals surface area contributed by atoms with E-state index in [4.69, 9.17) is 5.73 Å². The molecule has 22 heavy (non-hydrogen) atoms. The highest BCUT2D eigenvalue weighted by Gasteiger charge is 2.06. The van der Waals surface area contributed by atoms with E-state index in [1.165, 1.54) is 0 Å². The van der Waals surface area contributed by atoms with Crippen molar-refractivity contribution in [2.75, 3.05) is 11.1 Å². The van der Waals surface area contributed by atoms with Gasteiger partial charge < -0.3 is 11.1 Å². The summed E-state index contributed by atoms with van der Waals surface area (Å²) in [7, 11) is 0. The zero-order valence-corrected chi connectivity index (χ0v) is 12.5. The number of nitrogen functional groups attached to an aromatic ring is 1. The first-order valence-electron chi connectivity index (χ1n) is 7.01. The average molecular weight is 291 g/mol. The summed E-state index contributed by atoms with van der Waals surface area (Å²) in [5, 5.41) is 3.20. The normalized spacial score (nSPS) is 10.5. The molecule has 0 bridgehead atoms. The van der Waals surface area contributed by atoms with E-state index in [9.17, 15) is 0 Å². The number of benzene rings is 1. The van der Waals surface area contributed by atoms with Gasteiger partial charge in [-0.15, -0.1) is 0 Å².